The van der Waals surface area contributed by atoms with Crippen LogP contribution in [-0.4, -0.2) is 36.5 Å². The number of piperidine rings is 1. The highest BCUT2D eigenvalue weighted by molar-refractivity contribution is 6.32. The van der Waals surface area contributed by atoms with Crippen LogP contribution in [0.4, 0.5) is 0 Å². The van der Waals surface area contributed by atoms with Gasteiger partial charge in [-0.15, -0.1) is 0 Å². The van der Waals surface area contributed by atoms with Crippen molar-refractivity contribution in [1.82, 2.24) is 4.90 Å². The minimum Gasteiger partial charge on any atom is -0.482 e. The van der Waals surface area contributed by atoms with Crippen LogP contribution in [0.3, 0.4) is 0 Å². The summed E-state index contributed by atoms with van der Waals surface area (Å²) in [5.41, 5.74) is 7.59. The maximum atomic E-state index is 12.6. The average molecular weight is 391 g/mol. The first-order valence-corrected chi connectivity index (χ1v) is 9.62. The van der Waals surface area contributed by atoms with Crippen LogP contribution in [0.5, 0.6) is 5.75 Å². The highest BCUT2D eigenvalue weighted by Crippen LogP contribution is 2.36. The lowest BCUT2D eigenvalue weighted by atomic mass is 9.93. The van der Waals surface area contributed by atoms with Gasteiger partial charge in [0.25, 0.3) is 5.91 Å². The Hall–Kier alpha value is -2.05. The first kappa shape index (κ1) is 18.3. The Morgan fingerprint density at radius 3 is 2.59 bits per heavy atom. The van der Waals surface area contributed by atoms with Gasteiger partial charge in [-0.05, 0) is 50.2 Å². The van der Waals surface area contributed by atoms with E-state index in [-0.39, 0.29) is 24.2 Å². The predicted molar refractivity (Wildman–Crippen MR) is 103 cm³/mol. The number of nitrogens with zero attached hydrogens (tertiary/aromatic N) is 1. The van der Waals surface area contributed by atoms with Gasteiger partial charge in [-0.25, -0.2) is 4.79 Å². The van der Waals surface area contributed by atoms with Gasteiger partial charge in [0.15, 0.2) is 6.61 Å². The van der Waals surface area contributed by atoms with E-state index in [1.807, 2.05) is 11.8 Å². The summed E-state index contributed by atoms with van der Waals surface area (Å²) in [6.45, 7) is 4.85. The summed E-state index contributed by atoms with van der Waals surface area (Å²) in [5.74, 6) is 1.03. The van der Waals surface area contributed by atoms with Gasteiger partial charge in [-0.2, -0.15) is 0 Å². The number of hydrogen-bond acceptors (Lipinski definition) is 5. The molecule has 2 bridgehead atoms. The van der Waals surface area contributed by atoms with Crippen LogP contribution in [0.25, 0.3) is 11.0 Å². The molecule has 1 saturated heterocycles. The van der Waals surface area contributed by atoms with Crippen LogP contribution in [0, 0.1) is 25.7 Å². The van der Waals surface area contributed by atoms with E-state index < -0.39 is 0 Å². The number of likely N-dealkylation sites (tertiary alicyclic amines) is 1. The Labute approximate surface area is 162 Å². The number of nitrogens with two attached hydrogens (primary N) is 1. The number of ether oxygens (including phenoxy) is 1. The van der Waals surface area contributed by atoms with E-state index in [0.29, 0.717) is 46.8 Å². The average Bonchev–Trinajstić information content (AvgIpc) is 2.85. The Balaban J connectivity index is 1.50. The monoisotopic (exact) mass is 390 g/mol. The molecule has 1 aliphatic heterocycles. The summed E-state index contributed by atoms with van der Waals surface area (Å²) in [4.78, 5) is 26.3. The Morgan fingerprint density at radius 2 is 1.93 bits per heavy atom. The molecule has 144 valence electrons. The largest absolute Gasteiger partial charge is 0.482 e. The van der Waals surface area contributed by atoms with Crippen LogP contribution < -0.4 is 16.1 Å². The summed E-state index contributed by atoms with van der Waals surface area (Å²) < 4.78 is 11.0. The fourth-order valence-corrected chi connectivity index (χ4v) is 4.47. The maximum absolute atomic E-state index is 12.6. The first-order valence-electron chi connectivity index (χ1n) is 9.25. The van der Waals surface area contributed by atoms with E-state index in [2.05, 4.69) is 0 Å². The topological polar surface area (TPSA) is 85.8 Å². The summed E-state index contributed by atoms with van der Waals surface area (Å²) in [6.07, 6.45) is 2.18. The number of fused-ring (bicyclic) bond motifs is 3. The van der Waals surface area contributed by atoms with E-state index in [1.165, 1.54) is 0 Å². The fraction of sp³-hybridized carbons (Fsp3) is 0.500. The van der Waals surface area contributed by atoms with Gasteiger partial charge in [0, 0.05) is 36.1 Å². The summed E-state index contributed by atoms with van der Waals surface area (Å²) >= 11 is 6.33. The Kier molecular flexibility index (Phi) is 4.64. The molecule has 2 fully saturated rings. The van der Waals surface area contributed by atoms with Crippen molar-refractivity contribution in [3.8, 4) is 5.75 Å². The van der Waals surface area contributed by atoms with Crippen molar-refractivity contribution in [1.29, 1.82) is 0 Å². The zero-order valence-electron chi connectivity index (χ0n) is 15.5. The molecule has 1 aromatic carbocycles. The fourth-order valence-electron chi connectivity index (χ4n) is 4.25. The van der Waals surface area contributed by atoms with Crippen LogP contribution >= 0.6 is 11.6 Å². The third-order valence-electron chi connectivity index (χ3n) is 6.12. The van der Waals surface area contributed by atoms with Crippen LogP contribution in [0.1, 0.15) is 24.0 Å². The third-order valence-corrected chi connectivity index (χ3v) is 6.42. The Morgan fingerprint density at radius 1 is 1.26 bits per heavy atom. The maximum Gasteiger partial charge on any atom is 0.339 e. The van der Waals surface area contributed by atoms with Gasteiger partial charge < -0.3 is 19.8 Å². The van der Waals surface area contributed by atoms with Crippen molar-refractivity contribution in [3.63, 3.8) is 0 Å². The molecule has 1 aliphatic carbocycles. The van der Waals surface area contributed by atoms with Gasteiger partial charge in [-0.3, -0.25) is 4.79 Å². The van der Waals surface area contributed by atoms with Crippen molar-refractivity contribution in [2.45, 2.75) is 32.7 Å². The van der Waals surface area contributed by atoms with E-state index >= 15 is 0 Å². The molecule has 0 radical (unpaired) electrons. The van der Waals surface area contributed by atoms with Crippen LogP contribution in [-0.2, 0) is 4.79 Å². The number of hydrogen-bond donors (Lipinski definition) is 1. The summed E-state index contributed by atoms with van der Waals surface area (Å²) in [6, 6.07) is 3.50. The van der Waals surface area contributed by atoms with Crippen molar-refractivity contribution >= 4 is 28.5 Å². The second-order valence-corrected chi connectivity index (χ2v) is 8.09. The Bertz CT molecular complexity index is 957. The first-order chi connectivity index (χ1) is 12.8. The lowest BCUT2D eigenvalue weighted by Crippen LogP contribution is -2.51. The molecule has 1 amide bonds. The van der Waals surface area contributed by atoms with Crippen molar-refractivity contribution in [2.75, 3.05) is 19.7 Å². The molecule has 2 aromatic rings. The third kappa shape index (κ3) is 3.21. The number of aryl methyl sites for hydroxylation is 1. The molecule has 3 atom stereocenters. The molecule has 2 heterocycles. The molecule has 27 heavy (non-hydrogen) atoms. The standard InChI is InChI=1S/C20H23ClN2O4/c1-10-11(2)20(25)27-16-6-17(15(21)5-14(10)16)26-9-18(24)23-7-12-3-4-13(8-23)19(12)22/h5-6,12-13,19H,3-4,7-9,22H2,1-2H3/t12-,13+,19?. The second-order valence-electron chi connectivity index (χ2n) is 7.68. The molecule has 1 saturated carbocycles. The molecule has 4 rings (SSSR count). The zero-order valence-corrected chi connectivity index (χ0v) is 16.2. The van der Waals surface area contributed by atoms with E-state index in [1.54, 1.807) is 19.1 Å². The normalized spacial score (nSPS) is 24.4. The number of benzene rings is 1. The smallest absolute Gasteiger partial charge is 0.339 e. The van der Waals surface area contributed by atoms with Gasteiger partial charge in [0.1, 0.15) is 11.3 Å². The molecule has 2 aliphatic rings. The van der Waals surface area contributed by atoms with E-state index in [4.69, 9.17) is 26.5 Å². The summed E-state index contributed by atoms with van der Waals surface area (Å²) in [7, 11) is 0. The minimum atomic E-state index is -0.385. The number of amides is 1. The molecule has 6 nitrogen and oxygen atoms in total. The summed E-state index contributed by atoms with van der Waals surface area (Å²) in [5, 5.41) is 1.14. The number of rotatable bonds is 3. The number of carbonyl (C=O) groups excluding carboxylic acids is 1. The van der Waals surface area contributed by atoms with Crippen molar-refractivity contribution in [2.24, 2.45) is 17.6 Å². The molecule has 2 N–H and O–H groups in total. The van der Waals surface area contributed by atoms with Crippen molar-refractivity contribution in [3.05, 3.63) is 38.7 Å². The van der Waals surface area contributed by atoms with Gasteiger partial charge in [0.2, 0.25) is 0 Å². The van der Waals surface area contributed by atoms with E-state index in [9.17, 15) is 9.59 Å². The molecular weight excluding hydrogens is 368 g/mol. The predicted octanol–water partition coefficient (Wildman–Crippen LogP) is 2.64. The second kappa shape index (κ2) is 6.84. The van der Waals surface area contributed by atoms with Crippen LogP contribution in [0.2, 0.25) is 5.02 Å². The van der Waals surface area contributed by atoms with Gasteiger partial charge in [-0.1, -0.05) is 11.6 Å². The number of carbonyl (C=O) groups is 1. The quantitative estimate of drug-likeness (QED) is 0.814. The molecule has 0 spiro atoms. The molecule has 1 unspecified atom stereocenters. The van der Waals surface area contributed by atoms with Gasteiger partial charge in [0.05, 0.1) is 5.02 Å². The van der Waals surface area contributed by atoms with E-state index in [0.717, 1.165) is 23.8 Å². The molecular formula is C20H23ClN2O4. The zero-order chi connectivity index (χ0) is 19.3. The lowest BCUT2D eigenvalue weighted by molar-refractivity contribution is -0.135. The van der Waals surface area contributed by atoms with Crippen LogP contribution in [0.15, 0.2) is 21.3 Å². The highest BCUT2D eigenvalue weighted by atomic mass is 35.5. The lowest BCUT2D eigenvalue weighted by Gasteiger charge is -2.36. The minimum absolute atomic E-state index is 0.0727. The molecule has 7 heteroatoms. The molecule has 1 aromatic heterocycles. The number of halogens is 1. The SMILES string of the molecule is Cc1c(C)c2cc(Cl)c(OCC(=O)N3C[C@H]4CC[C@@H](C3)C4N)cc2oc1=O. The van der Waals surface area contributed by atoms with Gasteiger partial charge >= 0.3 is 5.63 Å². The van der Waals surface area contributed by atoms with Crippen molar-refractivity contribution < 1.29 is 13.9 Å². The highest BCUT2D eigenvalue weighted by Gasteiger charge is 2.41.